The average Bonchev–Trinajstić information content (AvgIpc) is 2.36. The van der Waals surface area contributed by atoms with Gasteiger partial charge in [0.1, 0.15) is 5.75 Å². The molecule has 0 spiro atoms. The van der Waals surface area contributed by atoms with Gasteiger partial charge in [-0.3, -0.25) is 0 Å². The molecule has 1 saturated heterocycles. The predicted molar refractivity (Wildman–Crippen MR) is 70.3 cm³/mol. The van der Waals surface area contributed by atoms with Gasteiger partial charge in [0.15, 0.2) is 0 Å². The van der Waals surface area contributed by atoms with E-state index in [-0.39, 0.29) is 0 Å². The minimum atomic E-state index is 0.833. The molecule has 1 atom stereocenters. The Hall–Kier alpha value is -1.02. The van der Waals surface area contributed by atoms with Gasteiger partial charge in [0.05, 0.1) is 6.61 Å². The summed E-state index contributed by atoms with van der Waals surface area (Å²) in [4.78, 5) is 0. The van der Waals surface area contributed by atoms with Gasteiger partial charge in [-0.2, -0.15) is 0 Å². The number of benzene rings is 1. The van der Waals surface area contributed by atoms with E-state index in [0.717, 1.165) is 30.3 Å². The molecule has 1 heterocycles. The Kier molecular flexibility index (Phi) is 4.87. The Labute approximate surface area is 104 Å². The summed E-state index contributed by atoms with van der Waals surface area (Å²) < 4.78 is 5.74. The molecule has 2 rings (SSSR count). The highest BCUT2D eigenvalue weighted by molar-refractivity contribution is 5.26. The average molecular weight is 232 g/mol. The Morgan fingerprint density at radius 3 is 3.24 bits per heavy atom. The SMILES string of the molecule is Cc1[c]ccc(OCCCC2CCCNC2)c1. The van der Waals surface area contributed by atoms with E-state index in [1.54, 1.807) is 0 Å². The zero-order valence-corrected chi connectivity index (χ0v) is 10.7. The summed E-state index contributed by atoms with van der Waals surface area (Å²) in [6.45, 7) is 5.27. The van der Waals surface area contributed by atoms with Crippen LogP contribution in [0.5, 0.6) is 5.75 Å². The van der Waals surface area contributed by atoms with E-state index in [1.165, 1.54) is 32.4 Å². The van der Waals surface area contributed by atoms with Crippen LogP contribution in [0.25, 0.3) is 0 Å². The van der Waals surface area contributed by atoms with Crippen LogP contribution in [0, 0.1) is 18.9 Å². The van der Waals surface area contributed by atoms with E-state index >= 15 is 0 Å². The third kappa shape index (κ3) is 4.39. The van der Waals surface area contributed by atoms with Crippen LogP contribution in [-0.2, 0) is 0 Å². The first-order valence-electron chi connectivity index (χ1n) is 6.66. The minimum absolute atomic E-state index is 0.833. The molecule has 0 saturated carbocycles. The fourth-order valence-corrected chi connectivity index (χ4v) is 2.38. The van der Waals surface area contributed by atoms with Crippen LogP contribution in [0.4, 0.5) is 0 Å². The second kappa shape index (κ2) is 6.65. The van der Waals surface area contributed by atoms with Gasteiger partial charge in [-0.25, -0.2) is 0 Å². The lowest BCUT2D eigenvalue weighted by molar-refractivity contribution is 0.275. The van der Waals surface area contributed by atoms with Crippen LogP contribution in [0.15, 0.2) is 18.2 Å². The molecule has 1 fully saturated rings. The van der Waals surface area contributed by atoms with Crippen LogP contribution in [-0.4, -0.2) is 19.7 Å². The normalized spacial score (nSPS) is 20.2. The number of piperidine rings is 1. The van der Waals surface area contributed by atoms with Gasteiger partial charge in [-0.15, -0.1) is 0 Å². The summed E-state index contributed by atoms with van der Waals surface area (Å²) in [6, 6.07) is 9.08. The minimum Gasteiger partial charge on any atom is -0.494 e. The number of nitrogens with one attached hydrogen (secondary N) is 1. The third-order valence-corrected chi connectivity index (χ3v) is 3.34. The molecule has 1 radical (unpaired) electrons. The topological polar surface area (TPSA) is 21.3 Å². The van der Waals surface area contributed by atoms with Crippen molar-refractivity contribution < 1.29 is 4.74 Å². The van der Waals surface area contributed by atoms with Crippen LogP contribution < -0.4 is 10.1 Å². The number of rotatable bonds is 5. The first-order chi connectivity index (χ1) is 8.34. The van der Waals surface area contributed by atoms with Crippen LogP contribution in [0.2, 0.25) is 0 Å². The van der Waals surface area contributed by atoms with Crippen LogP contribution >= 0.6 is 0 Å². The highest BCUT2D eigenvalue weighted by Crippen LogP contribution is 2.17. The van der Waals surface area contributed by atoms with E-state index in [9.17, 15) is 0 Å². The maximum Gasteiger partial charge on any atom is 0.119 e. The highest BCUT2D eigenvalue weighted by Gasteiger charge is 2.11. The van der Waals surface area contributed by atoms with Crippen molar-refractivity contribution >= 4 is 0 Å². The van der Waals surface area contributed by atoms with Crippen molar-refractivity contribution in [2.24, 2.45) is 5.92 Å². The zero-order valence-electron chi connectivity index (χ0n) is 10.7. The number of hydrogen-bond acceptors (Lipinski definition) is 2. The Balaban J connectivity index is 1.62. The van der Waals surface area contributed by atoms with Crippen molar-refractivity contribution in [3.63, 3.8) is 0 Å². The number of hydrogen-bond donors (Lipinski definition) is 1. The maximum absolute atomic E-state index is 5.74. The van der Waals surface area contributed by atoms with Gasteiger partial charge < -0.3 is 10.1 Å². The van der Waals surface area contributed by atoms with Gasteiger partial charge in [0, 0.05) is 0 Å². The molecule has 1 aromatic rings. The van der Waals surface area contributed by atoms with Crippen molar-refractivity contribution in [2.45, 2.75) is 32.6 Å². The van der Waals surface area contributed by atoms with E-state index in [0.29, 0.717) is 0 Å². The second-order valence-corrected chi connectivity index (χ2v) is 4.91. The molecule has 0 amide bonds. The van der Waals surface area contributed by atoms with Gasteiger partial charge in [-0.05, 0) is 75.4 Å². The molecular weight excluding hydrogens is 210 g/mol. The largest absolute Gasteiger partial charge is 0.494 e. The lowest BCUT2D eigenvalue weighted by atomic mass is 9.95. The van der Waals surface area contributed by atoms with Gasteiger partial charge >= 0.3 is 0 Å². The van der Waals surface area contributed by atoms with Gasteiger partial charge in [0.25, 0.3) is 0 Å². The summed E-state index contributed by atoms with van der Waals surface area (Å²) in [5.74, 6) is 1.83. The lowest BCUT2D eigenvalue weighted by Crippen LogP contribution is -2.29. The van der Waals surface area contributed by atoms with Gasteiger partial charge in [-0.1, -0.05) is 6.07 Å². The lowest BCUT2D eigenvalue weighted by Gasteiger charge is -2.22. The number of aryl methyl sites for hydroxylation is 1. The Morgan fingerprint density at radius 1 is 1.53 bits per heavy atom. The fourth-order valence-electron chi connectivity index (χ4n) is 2.38. The van der Waals surface area contributed by atoms with Crippen LogP contribution in [0.3, 0.4) is 0 Å². The summed E-state index contributed by atoms with van der Waals surface area (Å²) in [7, 11) is 0. The smallest absolute Gasteiger partial charge is 0.119 e. The highest BCUT2D eigenvalue weighted by atomic mass is 16.5. The zero-order chi connectivity index (χ0) is 11.9. The third-order valence-electron chi connectivity index (χ3n) is 3.34. The molecule has 0 bridgehead atoms. The predicted octanol–water partition coefficient (Wildman–Crippen LogP) is 2.95. The molecular formula is C15H22NO. The summed E-state index contributed by atoms with van der Waals surface area (Å²) in [6.07, 6.45) is 5.15. The Morgan fingerprint density at radius 2 is 2.47 bits per heavy atom. The van der Waals surface area contributed by atoms with Crippen molar-refractivity contribution in [2.75, 3.05) is 19.7 Å². The van der Waals surface area contributed by atoms with Crippen molar-refractivity contribution in [1.29, 1.82) is 0 Å². The van der Waals surface area contributed by atoms with Gasteiger partial charge in [0.2, 0.25) is 0 Å². The van der Waals surface area contributed by atoms with Crippen molar-refractivity contribution in [1.82, 2.24) is 5.32 Å². The molecule has 93 valence electrons. The molecule has 1 unspecified atom stereocenters. The second-order valence-electron chi connectivity index (χ2n) is 4.91. The summed E-state index contributed by atoms with van der Waals surface area (Å²) in [5, 5.41) is 3.46. The maximum atomic E-state index is 5.74. The van der Waals surface area contributed by atoms with E-state index in [1.807, 2.05) is 25.1 Å². The standard InChI is InChI=1S/C15H22NO/c1-13-5-2-8-15(11-13)17-10-4-7-14-6-3-9-16-12-14/h2,8,11,14,16H,3-4,6-7,9-10,12H2,1H3. The first kappa shape index (κ1) is 12.4. The molecule has 0 aliphatic carbocycles. The fraction of sp³-hybridized carbons (Fsp3) is 0.600. The molecule has 2 nitrogen and oxygen atoms in total. The van der Waals surface area contributed by atoms with E-state index < -0.39 is 0 Å². The summed E-state index contributed by atoms with van der Waals surface area (Å²) in [5.41, 5.74) is 1.14. The summed E-state index contributed by atoms with van der Waals surface area (Å²) >= 11 is 0. The van der Waals surface area contributed by atoms with E-state index in [4.69, 9.17) is 4.74 Å². The molecule has 1 aliphatic rings. The number of ether oxygens (including phenoxy) is 1. The molecule has 17 heavy (non-hydrogen) atoms. The molecule has 2 heteroatoms. The Bertz CT molecular complexity index is 331. The van der Waals surface area contributed by atoms with Crippen molar-refractivity contribution in [3.05, 3.63) is 29.8 Å². The molecule has 1 aromatic carbocycles. The molecule has 1 aliphatic heterocycles. The monoisotopic (exact) mass is 232 g/mol. The molecule has 1 N–H and O–H groups in total. The van der Waals surface area contributed by atoms with E-state index in [2.05, 4.69) is 11.4 Å². The first-order valence-corrected chi connectivity index (χ1v) is 6.66. The molecule has 0 aromatic heterocycles. The van der Waals surface area contributed by atoms with Crippen molar-refractivity contribution in [3.8, 4) is 5.75 Å². The quantitative estimate of drug-likeness (QED) is 0.788. The van der Waals surface area contributed by atoms with Crippen LogP contribution in [0.1, 0.15) is 31.2 Å².